The lowest BCUT2D eigenvalue weighted by Crippen LogP contribution is -2.28. The summed E-state index contributed by atoms with van der Waals surface area (Å²) in [5, 5.41) is 2.92. The molecule has 1 aliphatic heterocycles. The molecule has 0 bridgehead atoms. The molecule has 3 aromatic rings. The summed E-state index contributed by atoms with van der Waals surface area (Å²) in [6.45, 7) is 1.92. The zero-order valence-electron chi connectivity index (χ0n) is 16.0. The van der Waals surface area contributed by atoms with Crippen LogP contribution in [-0.4, -0.2) is 19.6 Å². The third-order valence-electron chi connectivity index (χ3n) is 5.12. The van der Waals surface area contributed by atoms with Crippen molar-refractivity contribution in [2.45, 2.75) is 19.4 Å². The van der Waals surface area contributed by atoms with Crippen LogP contribution in [-0.2, 0) is 13.0 Å². The first kappa shape index (κ1) is 18.1. The number of hydrogen-bond acceptors (Lipinski definition) is 3. The van der Waals surface area contributed by atoms with Crippen LogP contribution in [0, 0.1) is 0 Å². The SMILES string of the molecule is COc1cccc(NC(=O)c2ccc(CN3CCCc4ccccc43)cc2)c1. The first-order valence-corrected chi connectivity index (χ1v) is 9.60. The lowest BCUT2D eigenvalue weighted by atomic mass is 10.0. The number of carbonyl (C=O) groups is 1. The Labute approximate surface area is 165 Å². The van der Waals surface area contributed by atoms with Crippen LogP contribution < -0.4 is 15.0 Å². The molecule has 0 aromatic heterocycles. The summed E-state index contributed by atoms with van der Waals surface area (Å²) in [7, 11) is 1.61. The number of benzene rings is 3. The normalized spacial score (nSPS) is 13.0. The second kappa shape index (κ2) is 8.17. The fraction of sp³-hybridized carbons (Fsp3) is 0.208. The number of nitrogens with one attached hydrogen (secondary N) is 1. The van der Waals surface area contributed by atoms with Crippen molar-refractivity contribution in [1.82, 2.24) is 0 Å². The standard InChI is InChI=1S/C24H24N2O2/c1-28-22-9-4-8-21(16-22)25-24(27)20-13-11-18(12-14-20)17-26-15-5-7-19-6-2-3-10-23(19)26/h2-4,6,8-14,16H,5,7,15,17H2,1H3,(H,25,27). The van der Waals surface area contributed by atoms with Gasteiger partial charge in [0.25, 0.3) is 5.91 Å². The lowest BCUT2D eigenvalue weighted by Gasteiger charge is -2.31. The minimum atomic E-state index is -0.122. The predicted octanol–water partition coefficient (Wildman–Crippen LogP) is 4.90. The molecule has 4 nitrogen and oxygen atoms in total. The molecule has 0 spiro atoms. The molecule has 0 fully saturated rings. The van der Waals surface area contributed by atoms with E-state index < -0.39 is 0 Å². The second-order valence-electron chi connectivity index (χ2n) is 7.04. The van der Waals surface area contributed by atoms with Crippen LogP contribution in [0.1, 0.15) is 27.9 Å². The number of ether oxygens (including phenoxy) is 1. The minimum Gasteiger partial charge on any atom is -0.497 e. The van der Waals surface area contributed by atoms with Gasteiger partial charge in [0.05, 0.1) is 7.11 Å². The molecule has 1 amide bonds. The minimum absolute atomic E-state index is 0.122. The number of carbonyl (C=O) groups excluding carboxylic acids is 1. The first-order valence-electron chi connectivity index (χ1n) is 9.60. The van der Waals surface area contributed by atoms with E-state index in [2.05, 4.69) is 34.5 Å². The zero-order chi connectivity index (χ0) is 19.3. The van der Waals surface area contributed by atoms with E-state index in [-0.39, 0.29) is 5.91 Å². The number of aryl methyl sites for hydroxylation is 1. The van der Waals surface area contributed by atoms with Crippen molar-refractivity contribution in [3.63, 3.8) is 0 Å². The van der Waals surface area contributed by atoms with E-state index >= 15 is 0 Å². The highest BCUT2D eigenvalue weighted by Gasteiger charge is 2.16. The average Bonchev–Trinajstić information content (AvgIpc) is 2.74. The molecular formula is C24H24N2O2. The van der Waals surface area contributed by atoms with Crippen molar-refractivity contribution in [3.05, 3.63) is 89.5 Å². The van der Waals surface area contributed by atoms with Gasteiger partial charge >= 0.3 is 0 Å². The maximum absolute atomic E-state index is 12.5. The second-order valence-corrected chi connectivity index (χ2v) is 7.04. The van der Waals surface area contributed by atoms with E-state index in [9.17, 15) is 4.79 Å². The lowest BCUT2D eigenvalue weighted by molar-refractivity contribution is 0.102. The predicted molar refractivity (Wildman–Crippen MR) is 113 cm³/mol. The van der Waals surface area contributed by atoms with Crippen LogP contribution in [0.4, 0.5) is 11.4 Å². The molecule has 4 heteroatoms. The number of amides is 1. The quantitative estimate of drug-likeness (QED) is 0.693. The van der Waals surface area contributed by atoms with Crippen LogP contribution in [0.5, 0.6) is 5.75 Å². The Morgan fingerprint density at radius 3 is 2.68 bits per heavy atom. The van der Waals surface area contributed by atoms with Crippen LogP contribution in [0.25, 0.3) is 0 Å². The van der Waals surface area contributed by atoms with Gasteiger partial charge in [-0.3, -0.25) is 4.79 Å². The van der Waals surface area contributed by atoms with Gasteiger partial charge in [-0.15, -0.1) is 0 Å². The summed E-state index contributed by atoms with van der Waals surface area (Å²) in [5.41, 5.74) is 5.32. The van der Waals surface area contributed by atoms with Gasteiger partial charge in [0, 0.05) is 36.1 Å². The number of rotatable bonds is 5. The van der Waals surface area contributed by atoms with Gasteiger partial charge in [-0.2, -0.15) is 0 Å². The van der Waals surface area contributed by atoms with E-state index in [1.54, 1.807) is 13.2 Å². The number of methoxy groups -OCH3 is 1. The highest BCUT2D eigenvalue weighted by Crippen LogP contribution is 2.28. The molecule has 0 unspecified atom stereocenters. The Kier molecular flexibility index (Phi) is 5.29. The molecule has 0 saturated heterocycles. The van der Waals surface area contributed by atoms with Gasteiger partial charge in [0.2, 0.25) is 0 Å². The van der Waals surface area contributed by atoms with Crippen LogP contribution in [0.15, 0.2) is 72.8 Å². The average molecular weight is 372 g/mol. The fourth-order valence-corrected chi connectivity index (χ4v) is 3.66. The number of anilines is 2. The highest BCUT2D eigenvalue weighted by molar-refractivity contribution is 6.04. The molecule has 142 valence electrons. The monoisotopic (exact) mass is 372 g/mol. The Morgan fingerprint density at radius 2 is 1.86 bits per heavy atom. The fourth-order valence-electron chi connectivity index (χ4n) is 3.66. The molecule has 0 aliphatic carbocycles. The number of hydrogen-bond donors (Lipinski definition) is 1. The maximum atomic E-state index is 12.5. The van der Waals surface area contributed by atoms with Gasteiger partial charge in [-0.25, -0.2) is 0 Å². The maximum Gasteiger partial charge on any atom is 0.255 e. The summed E-state index contributed by atoms with van der Waals surface area (Å²) in [6.07, 6.45) is 2.33. The third kappa shape index (κ3) is 4.01. The van der Waals surface area contributed by atoms with Crippen LogP contribution >= 0.6 is 0 Å². The van der Waals surface area contributed by atoms with Crippen molar-refractivity contribution in [1.29, 1.82) is 0 Å². The number of fused-ring (bicyclic) bond motifs is 1. The summed E-state index contributed by atoms with van der Waals surface area (Å²) >= 11 is 0. The molecule has 1 heterocycles. The summed E-state index contributed by atoms with van der Waals surface area (Å²) in [4.78, 5) is 14.9. The van der Waals surface area contributed by atoms with Gasteiger partial charge in [0.15, 0.2) is 0 Å². The van der Waals surface area contributed by atoms with Gasteiger partial charge in [0.1, 0.15) is 5.75 Å². The first-order chi connectivity index (χ1) is 13.7. The molecule has 3 aromatic carbocycles. The molecular weight excluding hydrogens is 348 g/mol. The van der Waals surface area contributed by atoms with Crippen molar-refractivity contribution >= 4 is 17.3 Å². The van der Waals surface area contributed by atoms with E-state index in [1.165, 1.54) is 23.2 Å². The molecule has 0 atom stereocenters. The van der Waals surface area contributed by atoms with Gasteiger partial charge in [-0.1, -0.05) is 36.4 Å². The van der Waals surface area contributed by atoms with E-state index in [4.69, 9.17) is 4.74 Å². The molecule has 1 aliphatic rings. The smallest absolute Gasteiger partial charge is 0.255 e. The van der Waals surface area contributed by atoms with Crippen molar-refractivity contribution in [2.75, 3.05) is 23.9 Å². The summed E-state index contributed by atoms with van der Waals surface area (Å²) < 4.78 is 5.20. The Balaban J connectivity index is 1.43. The van der Waals surface area contributed by atoms with E-state index in [0.717, 1.165) is 30.9 Å². The molecule has 28 heavy (non-hydrogen) atoms. The van der Waals surface area contributed by atoms with Crippen LogP contribution in [0.3, 0.4) is 0 Å². The number of nitrogens with zero attached hydrogens (tertiary/aromatic N) is 1. The van der Waals surface area contributed by atoms with Crippen molar-refractivity contribution in [3.8, 4) is 5.75 Å². The highest BCUT2D eigenvalue weighted by atomic mass is 16.5. The van der Waals surface area contributed by atoms with Crippen LogP contribution in [0.2, 0.25) is 0 Å². The number of para-hydroxylation sites is 1. The molecule has 0 saturated carbocycles. The summed E-state index contributed by atoms with van der Waals surface area (Å²) in [6, 6.07) is 23.8. The van der Waals surface area contributed by atoms with Crippen molar-refractivity contribution < 1.29 is 9.53 Å². The molecule has 0 radical (unpaired) electrons. The Bertz CT molecular complexity index is 966. The zero-order valence-corrected chi connectivity index (χ0v) is 16.0. The van der Waals surface area contributed by atoms with Gasteiger partial charge in [-0.05, 0) is 54.3 Å². The van der Waals surface area contributed by atoms with E-state index in [0.29, 0.717) is 5.56 Å². The topological polar surface area (TPSA) is 41.6 Å². The Hall–Kier alpha value is -3.27. The van der Waals surface area contributed by atoms with Crippen molar-refractivity contribution in [2.24, 2.45) is 0 Å². The Morgan fingerprint density at radius 1 is 1.04 bits per heavy atom. The van der Waals surface area contributed by atoms with E-state index in [1.807, 2.05) is 42.5 Å². The molecule has 1 N–H and O–H groups in total. The summed E-state index contributed by atoms with van der Waals surface area (Å²) in [5.74, 6) is 0.595. The van der Waals surface area contributed by atoms with Gasteiger partial charge < -0.3 is 15.0 Å². The largest absolute Gasteiger partial charge is 0.497 e. The molecule has 4 rings (SSSR count). The third-order valence-corrected chi connectivity index (χ3v) is 5.12.